The highest BCUT2D eigenvalue weighted by Crippen LogP contribution is 2.25. The SMILES string of the molecule is COc1ccc(C(=O)N(C)CC(=O)NCC(C)C)cc1Br. The molecule has 0 heterocycles. The molecular weight excluding hydrogens is 336 g/mol. The van der Waals surface area contributed by atoms with Gasteiger partial charge >= 0.3 is 0 Å². The molecule has 0 fully saturated rings. The number of halogens is 1. The van der Waals surface area contributed by atoms with Crippen LogP contribution in [0, 0.1) is 5.92 Å². The topological polar surface area (TPSA) is 58.6 Å². The van der Waals surface area contributed by atoms with Gasteiger partial charge in [-0.05, 0) is 40.0 Å². The lowest BCUT2D eigenvalue weighted by atomic mass is 10.2. The van der Waals surface area contributed by atoms with E-state index < -0.39 is 0 Å². The zero-order valence-corrected chi connectivity index (χ0v) is 14.4. The Kier molecular flexibility index (Phi) is 6.68. The lowest BCUT2D eigenvalue weighted by molar-refractivity contribution is -0.121. The summed E-state index contributed by atoms with van der Waals surface area (Å²) in [5, 5.41) is 2.79. The zero-order chi connectivity index (χ0) is 16.0. The Morgan fingerprint density at radius 1 is 1.38 bits per heavy atom. The number of hydrogen-bond donors (Lipinski definition) is 1. The van der Waals surface area contributed by atoms with Gasteiger partial charge in [-0.1, -0.05) is 13.8 Å². The molecule has 1 rings (SSSR count). The number of benzene rings is 1. The second-order valence-corrected chi connectivity index (χ2v) is 6.06. The Labute approximate surface area is 133 Å². The van der Waals surface area contributed by atoms with Crippen LogP contribution >= 0.6 is 15.9 Å². The van der Waals surface area contributed by atoms with Crippen LogP contribution in [0.3, 0.4) is 0 Å². The first-order valence-electron chi connectivity index (χ1n) is 6.70. The number of amides is 2. The molecule has 0 saturated heterocycles. The predicted molar refractivity (Wildman–Crippen MR) is 85.5 cm³/mol. The van der Waals surface area contributed by atoms with E-state index in [9.17, 15) is 9.59 Å². The van der Waals surface area contributed by atoms with Crippen LogP contribution in [0.15, 0.2) is 22.7 Å². The fourth-order valence-electron chi connectivity index (χ4n) is 1.68. The molecule has 116 valence electrons. The van der Waals surface area contributed by atoms with Gasteiger partial charge in [-0.2, -0.15) is 0 Å². The van der Waals surface area contributed by atoms with Gasteiger partial charge in [0.05, 0.1) is 18.1 Å². The third-order valence-electron chi connectivity index (χ3n) is 2.83. The van der Waals surface area contributed by atoms with Crippen molar-refractivity contribution in [2.24, 2.45) is 5.92 Å². The van der Waals surface area contributed by atoms with Crippen molar-refractivity contribution in [3.05, 3.63) is 28.2 Å². The van der Waals surface area contributed by atoms with E-state index in [1.165, 1.54) is 4.90 Å². The van der Waals surface area contributed by atoms with Gasteiger partial charge < -0.3 is 15.0 Å². The van der Waals surface area contributed by atoms with Crippen LogP contribution in [0.5, 0.6) is 5.75 Å². The number of carbonyl (C=O) groups is 2. The largest absolute Gasteiger partial charge is 0.496 e. The number of hydrogen-bond acceptors (Lipinski definition) is 3. The molecule has 0 aromatic heterocycles. The van der Waals surface area contributed by atoms with E-state index >= 15 is 0 Å². The second kappa shape index (κ2) is 8.02. The third-order valence-corrected chi connectivity index (χ3v) is 3.45. The van der Waals surface area contributed by atoms with Gasteiger partial charge in [0.15, 0.2) is 0 Å². The molecule has 1 aromatic carbocycles. The number of ether oxygens (including phenoxy) is 1. The summed E-state index contributed by atoms with van der Waals surface area (Å²) in [6.45, 7) is 4.68. The number of nitrogens with zero attached hydrogens (tertiary/aromatic N) is 1. The molecule has 5 nitrogen and oxygen atoms in total. The van der Waals surface area contributed by atoms with Gasteiger partial charge in [-0.15, -0.1) is 0 Å². The molecule has 0 aliphatic rings. The normalized spacial score (nSPS) is 10.4. The van der Waals surface area contributed by atoms with Gasteiger partial charge in [-0.25, -0.2) is 0 Å². The van der Waals surface area contributed by atoms with E-state index in [0.717, 1.165) is 0 Å². The first kappa shape index (κ1) is 17.5. The van der Waals surface area contributed by atoms with Gasteiger partial charge in [0, 0.05) is 19.2 Å². The molecule has 0 radical (unpaired) electrons. The maximum Gasteiger partial charge on any atom is 0.254 e. The molecule has 0 aliphatic heterocycles. The second-order valence-electron chi connectivity index (χ2n) is 5.21. The highest BCUT2D eigenvalue weighted by atomic mass is 79.9. The van der Waals surface area contributed by atoms with E-state index in [1.54, 1.807) is 32.4 Å². The van der Waals surface area contributed by atoms with Crippen molar-refractivity contribution in [1.82, 2.24) is 10.2 Å². The van der Waals surface area contributed by atoms with Crippen molar-refractivity contribution in [1.29, 1.82) is 0 Å². The summed E-state index contributed by atoms with van der Waals surface area (Å²) in [4.78, 5) is 25.4. The minimum atomic E-state index is -0.210. The molecule has 6 heteroatoms. The Morgan fingerprint density at radius 2 is 2.05 bits per heavy atom. The molecule has 1 N–H and O–H groups in total. The Bertz CT molecular complexity index is 518. The highest BCUT2D eigenvalue weighted by Gasteiger charge is 2.16. The average Bonchev–Trinajstić information content (AvgIpc) is 2.44. The molecular formula is C15H21BrN2O3. The summed E-state index contributed by atoms with van der Waals surface area (Å²) in [5.41, 5.74) is 0.502. The van der Waals surface area contributed by atoms with Gasteiger partial charge in [0.25, 0.3) is 5.91 Å². The van der Waals surface area contributed by atoms with Crippen LogP contribution in [0.1, 0.15) is 24.2 Å². The van der Waals surface area contributed by atoms with Crippen LogP contribution in [-0.4, -0.2) is 44.0 Å². The van der Waals surface area contributed by atoms with E-state index in [4.69, 9.17) is 4.74 Å². The molecule has 0 aliphatic carbocycles. The van der Waals surface area contributed by atoms with E-state index in [2.05, 4.69) is 21.2 Å². The zero-order valence-electron chi connectivity index (χ0n) is 12.8. The summed E-state index contributed by atoms with van der Waals surface area (Å²) in [7, 11) is 3.17. The van der Waals surface area contributed by atoms with Crippen LogP contribution in [-0.2, 0) is 4.79 Å². The number of likely N-dealkylation sites (N-methyl/N-ethyl adjacent to an activating group) is 1. The number of carbonyl (C=O) groups excluding carboxylic acids is 2. The number of rotatable bonds is 6. The Balaban J connectivity index is 2.65. The third kappa shape index (κ3) is 5.38. The number of nitrogens with one attached hydrogen (secondary N) is 1. The average molecular weight is 357 g/mol. The summed E-state index contributed by atoms with van der Waals surface area (Å²) in [5.74, 6) is 0.668. The first-order chi connectivity index (χ1) is 9.85. The van der Waals surface area contributed by atoms with Gasteiger partial charge in [0.1, 0.15) is 5.75 Å². The molecule has 0 unspecified atom stereocenters. The molecule has 0 saturated carbocycles. The van der Waals surface area contributed by atoms with Crippen molar-refractivity contribution in [2.75, 3.05) is 27.2 Å². The maximum atomic E-state index is 12.3. The highest BCUT2D eigenvalue weighted by molar-refractivity contribution is 9.10. The fourth-order valence-corrected chi connectivity index (χ4v) is 2.22. The van der Waals surface area contributed by atoms with Crippen molar-refractivity contribution >= 4 is 27.7 Å². The van der Waals surface area contributed by atoms with Crippen molar-refractivity contribution in [2.45, 2.75) is 13.8 Å². The summed E-state index contributed by atoms with van der Waals surface area (Å²) >= 11 is 3.34. The molecule has 0 spiro atoms. The minimum Gasteiger partial charge on any atom is -0.496 e. The van der Waals surface area contributed by atoms with E-state index in [0.29, 0.717) is 28.2 Å². The lowest BCUT2D eigenvalue weighted by Gasteiger charge is -2.18. The first-order valence-corrected chi connectivity index (χ1v) is 7.50. The fraction of sp³-hybridized carbons (Fsp3) is 0.467. The predicted octanol–water partition coefficient (Wildman–Crippen LogP) is 2.30. The minimum absolute atomic E-state index is 0.0369. The molecule has 21 heavy (non-hydrogen) atoms. The lowest BCUT2D eigenvalue weighted by Crippen LogP contribution is -2.39. The standard InChI is InChI=1S/C15H21BrN2O3/c1-10(2)8-17-14(19)9-18(3)15(20)11-5-6-13(21-4)12(16)7-11/h5-7,10H,8-9H2,1-4H3,(H,17,19). The molecule has 1 aromatic rings. The van der Waals surface area contributed by atoms with Crippen molar-refractivity contribution in [3.8, 4) is 5.75 Å². The van der Waals surface area contributed by atoms with Crippen LogP contribution in [0.25, 0.3) is 0 Å². The maximum absolute atomic E-state index is 12.3. The van der Waals surface area contributed by atoms with Crippen LogP contribution < -0.4 is 10.1 Å². The molecule has 2 amide bonds. The van der Waals surface area contributed by atoms with E-state index in [1.807, 2.05) is 13.8 Å². The Hall–Kier alpha value is -1.56. The summed E-state index contributed by atoms with van der Waals surface area (Å²) in [6, 6.07) is 5.07. The number of methoxy groups -OCH3 is 1. The summed E-state index contributed by atoms with van der Waals surface area (Å²) < 4.78 is 5.83. The van der Waals surface area contributed by atoms with Crippen LogP contribution in [0.2, 0.25) is 0 Å². The van der Waals surface area contributed by atoms with Crippen molar-refractivity contribution < 1.29 is 14.3 Å². The molecule has 0 atom stereocenters. The quantitative estimate of drug-likeness (QED) is 0.850. The van der Waals surface area contributed by atoms with E-state index in [-0.39, 0.29) is 18.4 Å². The molecule has 0 bridgehead atoms. The van der Waals surface area contributed by atoms with Gasteiger partial charge in [0.2, 0.25) is 5.91 Å². The Morgan fingerprint density at radius 3 is 2.57 bits per heavy atom. The monoisotopic (exact) mass is 356 g/mol. The summed E-state index contributed by atoms with van der Waals surface area (Å²) in [6.07, 6.45) is 0. The smallest absolute Gasteiger partial charge is 0.254 e. The van der Waals surface area contributed by atoms with Crippen LogP contribution in [0.4, 0.5) is 0 Å². The van der Waals surface area contributed by atoms with Crippen molar-refractivity contribution in [3.63, 3.8) is 0 Å². The van der Waals surface area contributed by atoms with Gasteiger partial charge in [-0.3, -0.25) is 9.59 Å².